The van der Waals surface area contributed by atoms with Gasteiger partial charge < -0.3 is 15.4 Å². The van der Waals surface area contributed by atoms with Gasteiger partial charge in [0.15, 0.2) is 0 Å². The molecular weight excluding hydrogens is 254 g/mol. The summed E-state index contributed by atoms with van der Waals surface area (Å²) in [5, 5.41) is 6.50. The SMILES string of the molecule is CC1(C(=O)NCC(C)(C)N2CCOCC2)CCNCC1. The minimum Gasteiger partial charge on any atom is -0.379 e. The average molecular weight is 283 g/mol. The smallest absolute Gasteiger partial charge is 0.226 e. The molecule has 0 saturated carbocycles. The fourth-order valence-corrected chi connectivity index (χ4v) is 3.00. The van der Waals surface area contributed by atoms with Gasteiger partial charge in [-0.25, -0.2) is 0 Å². The lowest BCUT2D eigenvalue weighted by atomic mass is 9.80. The maximum atomic E-state index is 12.5. The zero-order valence-corrected chi connectivity index (χ0v) is 13.1. The molecular formula is C15H29N3O2. The molecule has 2 rings (SSSR count). The van der Waals surface area contributed by atoms with Gasteiger partial charge in [0, 0.05) is 30.6 Å². The summed E-state index contributed by atoms with van der Waals surface area (Å²) in [6, 6.07) is 0. The number of hydrogen-bond acceptors (Lipinski definition) is 4. The van der Waals surface area contributed by atoms with Crippen LogP contribution in [0.15, 0.2) is 0 Å². The Morgan fingerprint density at radius 3 is 2.50 bits per heavy atom. The number of morpholine rings is 1. The second-order valence-electron chi connectivity index (χ2n) is 6.91. The molecule has 0 aromatic heterocycles. The van der Waals surface area contributed by atoms with Crippen LogP contribution in [0.25, 0.3) is 0 Å². The molecule has 0 bridgehead atoms. The van der Waals surface area contributed by atoms with Crippen LogP contribution in [0.4, 0.5) is 0 Å². The van der Waals surface area contributed by atoms with Crippen molar-refractivity contribution >= 4 is 5.91 Å². The Morgan fingerprint density at radius 2 is 1.90 bits per heavy atom. The van der Waals surface area contributed by atoms with Crippen LogP contribution >= 0.6 is 0 Å². The number of rotatable bonds is 4. The molecule has 0 spiro atoms. The van der Waals surface area contributed by atoms with Crippen LogP contribution in [0, 0.1) is 5.41 Å². The summed E-state index contributed by atoms with van der Waals surface area (Å²) < 4.78 is 5.40. The molecule has 5 heteroatoms. The number of carbonyl (C=O) groups is 1. The third-order valence-electron chi connectivity index (χ3n) is 4.80. The van der Waals surface area contributed by atoms with Crippen molar-refractivity contribution in [1.82, 2.24) is 15.5 Å². The maximum absolute atomic E-state index is 12.5. The van der Waals surface area contributed by atoms with Crippen LogP contribution in [0.3, 0.4) is 0 Å². The van der Waals surface area contributed by atoms with Gasteiger partial charge in [-0.1, -0.05) is 6.92 Å². The van der Waals surface area contributed by atoms with Gasteiger partial charge in [-0.2, -0.15) is 0 Å². The molecule has 2 fully saturated rings. The first-order chi connectivity index (χ1) is 9.44. The molecule has 20 heavy (non-hydrogen) atoms. The monoisotopic (exact) mass is 283 g/mol. The molecule has 0 atom stereocenters. The zero-order valence-electron chi connectivity index (χ0n) is 13.1. The molecule has 2 N–H and O–H groups in total. The topological polar surface area (TPSA) is 53.6 Å². The van der Waals surface area contributed by atoms with E-state index in [4.69, 9.17) is 4.74 Å². The number of amides is 1. The predicted octanol–water partition coefficient (Wildman–Crippen LogP) is 0.603. The summed E-state index contributed by atoms with van der Waals surface area (Å²) in [7, 11) is 0. The molecule has 0 unspecified atom stereocenters. The highest BCUT2D eigenvalue weighted by Gasteiger charge is 2.36. The van der Waals surface area contributed by atoms with E-state index < -0.39 is 0 Å². The van der Waals surface area contributed by atoms with E-state index in [0.29, 0.717) is 6.54 Å². The van der Waals surface area contributed by atoms with Crippen molar-refractivity contribution in [3.05, 3.63) is 0 Å². The second-order valence-corrected chi connectivity index (χ2v) is 6.91. The zero-order chi connectivity index (χ0) is 14.6. The number of nitrogens with zero attached hydrogens (tertiary/aromatic N) is 1. The Balaban J connectivity index is 1.85. The molecule has 2 saturated heterocycles. The highest BCUT2D eigenvalue weighted by Crippen LogP contribution is 2.28. The summed E-state index contributed by atoms with van der Waals surface area (Å²) in [6.07, 6.45) is 1.85. The van der Waals surface area contributed by atoms with Crippen molar-refractivity contribution < 1.29 is 9.53 Å². The van der Waals surface area contributed by atoms with Crippen LogP contribution in [0.2, 0.25) is 0 Å². The molecule has 5 nitrogen and oxygen atoms in total. The standard InChI is InChI=1S/C15H29N3O2/c1-14(2,18-8-10-20-11-9-18)12-17-13(19)15(3)4-6-16-7-5-15/h16H,4-12H2,1-3H3,(H,17,19). The van der Waals surface area contributed by atoms with E-state index in [1.54, 1.807) is 0 Å². The van der Waals surface area contributed by atoms with Gasteiger partial charge in [-0.15, -0.1) is 0 Å². The molecule has 0 aromatic rings. The van der Waals surface area contributed by atoms with Gasteiger partial charge in [-0.05, 0) is 39.8 Å². The number of hydrogen-bond donors (Lipinski definition) is 2. The van der Waals surface area contributed by atoms with Gasteiger partial charge in [0.2, 0.25) is 5.91 Å². The van der Waals surface area contributed by atoms with Gasteiger partial charge in [0.05, 0.1) is 13.2 Å². The van der Waals surface area contributed by atoms with E-state index in [1.165, 1.54) is 0 Å². The Hall–Kier alpha value is -0.650. The Bertz CT molecular complexity index is 332. The van der Waals surface area contributed by atoms with Crippen LogP contribution in [-0.4, -0.2) is 62.3 Å². The van der Waals surface area contributed by atoms with Crippen molar-refractivity contribution in [2.24, 2.45) is 5.41 Å². The van der Waals surface area contributed by atoms with E-state index in [1.807, 2.05) is 0 Å². The van der Waals surface area contributed by atoms with E-state index in [9.17, 15) is 4.79 Å². The first-order valence-electron chi connectivity index (χ1n) is 7.76. The summed E-state index contributed by atoms with van der Waals surface area (Å²) in [6.45, 7) is 12.6. The van der Waals surface area contributed by atoms with Gasteiger partial charge >= 0.3 is 0 Å². The second kappa shape index (κ2) is 6.41. The summed E-state index contributed by atoms with van der Waals surface area (Å²) in [5.74, 6) is 0.209. The third kappa shape index (κ3) is 3.71. The van der Waals surface area contributed by atoms with Crippen LogP contribution in [0.5, 0.6) is 0 Å². The van der Waals surface area contributed by atoms with Crippen LogP contribution in [-0.2, 0) is 9.53 Å². The lowest BCUT2D eigenvalue weighted by Gasteiger charge is -2.42. The fourth-order valence-electron chi connectivity index (χ4n) is 3.00. The highest BCUT2D eigenvalue weighted by molar-refractivity contribution is 5.82. The van der Waals surface area contributed by atoms with Crippen molar-refractivity contribution in [3.63, 3.8) is 0 Å². The first-order valence-corrected chi connectivity index (χ1v) is 7.76. The molecule has 0 radical (unpaired) electrons. The average Bonchev–Trinajstić information content (AvgIpc) is 2.46. The Morgan fingerprint density at radius 1 is 1.30 bits per heavy atom. The van der Waals surface area contributed by atoms with Crippen molar-refractivity contribution in [1.29, 1.82) is 0 Å². The van der Waals surface area contributed by atoms with Crippen molar-refractivity contribution in [3.8, 4) is 0 Å². The summed E-state index contributed by atoms with van der Waals surface area (Å²) in [5.41, 5.74) is -0.213. The minimum atomic E-state index is -0.202. The molecule has 116 valence electrons. The first kappa shape index (κ1) is 15.7. The minimum absolute atomic E-state index is 0.0112. The predicted molar refractivity (Wildman–Crippen MR) is 79.7 cm³/mol. The third-order valence-corrected chi connectivity index (χ3v) is 4.80. The van der Waals surface area contributed by atoms with E-state index in [0.717, 1.165) is 52.2 Å². The van der Waals surface area contributed by atoms with E-state index >= 15 is 0 Å². The molecule has 2 aliphatic rings. The lowest BCUT2D eigenvalue weighted by molar-refractivity contribution is -0.132. The Labute approximate surface area is 122 Å². The highest BCUT2D eigenvalue weighted by atomic mass is 16.5. The molecule has 0 aliphatic carbocycles. The normalized spacial score (nSPS) is 24.4. The quantitative estimate of drug-likeness (QED) is 0.793. The van der Waals surface area contributed by atoms with Crippen LogP contribution in [0.1, 0.15) is 33.6 Å². The summed E-state index contributed by atoms with van der Waals surface area (Å²) in [4.78, 5) is 14.9. The molecule has 1 amide bonds. The number of carbonyl (C=O) groups excluding carboxylic acids is 1. The van der Waals surface area contributed by atoms with Crippen LogP contribution < -0.4 is 10.6 Å². The van der Waals surface area contributed by atoms with Gasteiger partial charge in [0.1, 0.15) is 0 Å². The van der Waals surface area contributed by atoms with E-state index in [-0.39, 0.29) is 16.9 Å². The van der Waals surface area contributed by atoms with E-state index in [2.05, 4.69) is 36.3 Å². The van der Waals surface area contributed by atoms with Crippen molar-refractivity contribution in [2.45, 2.75) is 39.2 Å². The molecule has 2 heterocycles. The number of piperidine rings is 1. The fraction of sp³-hybridized carbons (Fsp3) is 0.933. The Kier molecular flexibility index (Phi) is 5.04. The van der Waals surface area contributed by atoms with Crippen molar-refractivity contribution in [2.75, 3.05) is 45.9 Å². The largest absolute Gasteiger partial charge is 0.379 e. The molecule has 0 aromatic carbocycles. The number of nitrogens with one attached hydrogen (secondary N) is 2. The summed E-state index contributed by atoms with van der Waals surface area (Å²) >= 11 is 0. The van der Waals surface area contributed by atoms with Gasteiger partial charge in [-0.3, -0.25) is 9.69 Å². The van der Waals surface area contributed by atoms with Gasteiger partial charge in [0.25, 0.3) is 0 Å². The number of ether oxygens (including phenoxy) is 1. The maximum Gasteiger partial charge on any atom is 0.226 e. The lowest BCUT2D eigenvalue weighted by Crippen LogP contribution is -2.57. The molecule has 2 aliphatic heterocycles.